The molecule has 9 nitrogen and oxygen atoms in total. The number of para-hydroxylation sites is 2. The molecule has 4 bridgehead atoms. The number of halogens is 3. The largest absolute Gasteiger partial charge is 0.511 e. The number of sulfonamides is 1. The fraction of sp³-hybridized carbons (Fsp3) is 0.567. The van der Waals surface area contributed by atoms with Gasteiger partial charge < -0.3 is 20.2 Å². The zero-order valence-electron chi connectivity index (χ0n) is 23.7. The zero-order chi connectivity index (χ0) is 30.1. The predicted molar refractivity (Wildman–Crippen MR) is 157 cm³/mol. The van der Waals surface area contributed by atoms with Gasteiger partial charge in [0.25, 0.3) is 0 Å². The van der Waals surface area contributed by atoms with Gasteiger partial charge in [-0.15, -0.1) is 0 Å². The molecule has 43 heavy (non-hydrogen) atoms. The number of amides is 2. The number of nitrogens with zero attached hydrogens (tertiary/aromatic N) is 4. The number of piperazine rings is 1. The van der Waals surface area contributed by atoms with Gasteiger partial charge in [0.05, 0.1) is 17.0 Å². The Bertz CT molecular complexity index is 1480. The number of hydrogen-bond donors (Lipinski definition) is 2. The Morgan fingerprint density at radius 1 is 0.837 bits per heavy atom. The van der Waals surface area contributed by atoms with Crippen molar-refractivity contribution in [3.63, 3.8) is 0 Å². The van der Waals surface area contributed by atoms with Crippen LogP contribution in [0.3, 0.4) is 0 Å². The van der Waals surface area contributed by atoms with E-state index in [1.807, 2.05) is 58.3 Å². The molecule has 0 aromatic heterocycles. The van der Waals surface area contributed by atoms with Crippen LogP contribution in [0.5, 0.6) is 0 Å². The third kappa shape index (κ3) is 5.02. The fourth-order valence-corrected chi connectivity index (χ4v) is 9.39. The number of nitrogens with one attached hydrogen (secondary N) is 1. The molecule has 232 valence electrons. The number of aliphatic hydroxyl groups is 1. The van der Waals surface area contributed by atoms with Crippen LogP contribution in [0.2, 0.25) is 0 Å². The number of rotatable bonds is 4. The van der Waals surface area contributed by atoms with Crippen LogP contribution in [0.4, 0.5) is 40.7 Å². The molecule has 2 amide bonds. The summed E-state index contributed by atoms with van der Waals surface area (Å²) < 4.78 is 62.8. The molecule has 2 aliphatic heterocycles. The molecule has 5 atom stereocenters. The highest BCUT2D eigenvalue weighted by Crippen LogP contribution is 2.55. The van der Waals surface area contributed by atoms with Gasteiger partial charge in [-0.3, -0.25) is 4.90 Å². The van der Waals surface area contributed by atoms with Crippen LogP contribution >= 0.6 is 0 Å². The average molecular weight is 620 g/mol. The first-order valence-corrected chi connectivity index (χ1v) is 16.4. The average Bonchev–Trinajstić information content (AvgIpc) is 2.97. The van der Waals surface area contributed by atoms with Crippen LogP contribution in [0.1, 0.15) is 32.1 Å². The van der Waals surface area contributed by atoms with Crippen molar-refractivity contribution in [1.29, 1.82) is 0 Å². The maximum Gasteiger partial charge on any atom is 0.511 e. The Balaban J connectivity index is 1.03. The van der Waals surface area contributed by atoms with Gasteiger partial charge in [0.15, 0.2) is 0 Å². The van der Waals surface area contributed by atoms with Gasteiger partial charge in [0.2, 0.25) is 0 Å². The minimum absolute atomic E-state index is 0.0949. The third-order valence-corrected chi connectivity index (χ3v) is 11.8. The van der Waals surface area contributed by atoms with E-state index in [9.17, 15) is 31.5 Å². The Labute approximate surface area is 249 Å². The molecular weight excluding hydrogens is 583 g/mol. The SMILES string of the molecule is O=C(NC1[C@@H]2CC3C[C@H]1CC(O)(C3)C2)N1CCN(c2ccc(N3CCN(S(=O)(=O)C(F)(F)F)CC3)cc2)c2ccccc21. The van der Waals surface area contributed by atoms with Gasteiger partial charge in [0, 0.05) is 56.7 Å². The summed E-state index contributed by atoms with van der Waals surface area (Å²) in [5, 5.41) is 14.3. The molecule has 4 saturated carbocycles. The van der Waals surface area contributed by atoms with E-state index in [2.05, 4.69) is 10.2 Å². The van der Waals surface area contributed by atoms with Crippen molar-refractivity contribution in [1.82, 2.24) is 9.62 Å². The van der Waals surface area contributed by atoms with E-state index in [0.717, 1.165) is 54.9 Å². The first-order chi connectivity index (χ1) is 20.4. The lowest BCUT2D eigenvalue weighted by Crippen LogP contribution is -2.63. The lowest BCUT2D eigenvalue weighted by Gasteiger charge is -2.58. The highest BCUT2D eigenvalue weighted by Gasteiger charge is 2.55. The van der Waals surface area contributed by atoms with E-state index < -0.39 is 21.1 Å². The molecule has 2 aromatic rings. The topological polar surface area (TPSA) is 96.4 Å². The second kappa shape index (κ2) is 10.3. The van der Waals surface area contributed by atoms with Crippen molar-refractivity contribution in [3.05, 3.63) is 48.5 Å². The van der Waals surface area contributed by atoms with E-state index in [0.29, 0.717) is 35.1 Å². The number of carbonyl (C=O) groups excluding carboxylic acids is 1. The van der Waals surface area contributed by atoms with Crippen molar-refractivity contribution < 1.29 is 31.5 Å². The van der Waals surface area contributed by atoms with Crippen LogP contribution in [0.15, 0.2) is 48.5 Å². The number of anilines is 4. The molecule has 1 saturated heterocycles. The monoisotopic (exact) mass is 619 g/mol. The summed E-state index contributed by atoms with van der Waals surface area (Å²) in [4.78, 5) is 19.5. The van der Waals surface area contributed by atoms with Gasteiger partial charge in [-0.25, -0.2) is 13.2 Å². The summed E-state index contributed by atoms with van der Waals surface area (Å²) in [6, 6.07) is 15.5. The first-order valence-electron chi connectivity index (χ1n) is 15.0. The lowest BCUT2D eigenvalue weighted by molar-refractivity contribution is -0.136. The van der Waals surface area contributed by atoms with Gasteiger partial charge in [0.1, 0.15) is 0 Å². The Morgan fingerprint density at radius 2 is 1.44 bits per heavy atom. The normalized spacial score (nSPS) is 30.8. The highest BCUT2D eigenvalue weighted by molar-refractivity contribution is 7.90. The van der Waals surface area contributed by atoms with E-state index in [4.69, 9.17) is 0 Å². The number of hydrogen-bond acceptors (Lipinski definition) is 6. The maximum absolute atomic E-state index is 13.7. The first kappa shape index (κ1) is 28.7. The standard InChI is InChI=1S/C30H36F3N5O4S/c31-30(32,33)43(41,42)36-11-9-35(10-12-36)23-5-7-24(8-6-23)37-13-14-38(26-4-2-1-3-25(26)37)28(39)34-27-21-15-20-16-22(27)19-29(40,17-20)18-21/h1-8,20-22,27,40H,9-19H2,(H,34,39)/t20?,21-,22+,27?,29?. The van der Waals surface area contributed by atoms with Crippen LogP contribution in [0.25, 0.3) is 0 Å². The number of benzene rings is 2. The number of urea groups is 1. The van der Waals surface area contributed by atoms with Gasteiger partial charge in [-0.05, 0) is 86.3 Å². The molecule has 4 aliphatic carbocycles. The molecule has 8 rings (SSSR count). The van der Waals surface area contributed by atoms with E-state index in [1.54, 1.807) is 0 Å². The molecule has 2 aromatic carbocycles. The number of carbonyl (C=O) groups is 1. The molecule has 0 radical (unpaired) electrons. The summed E-state index contributed by atoms with van der Waals surface area (Å²) >= 11 is 0. The number of alkyl halides is 3. The highest BCUT2D eigenvalue weighted by atomic mass is 32.2. The van der Waals surface area contributed by atoms with Crippen LogP contribution in [0, 0.1) is 17.8 Å². The summed E-state index contributed by atoms with van der Waals surface area (Å²) in [6.07, 6.45) is 4.60. The van der Waals surface area contributed by atoms with Gasteiger partial charge in [-0.1, -0.05) is 12.1 Å². The summed E-state index contributed by atoms with van der Waals surface area (Å²) in [7, 11) is -5.32. The minimum Gasteiger partial charge on any atom is -0.390 e. The third-order valence-electron chi connectivity index (χ3n) is 10.2. The van der Waals surface area contributed by atoms with Crippen molar-refractivity contribution in [2.75, 3.05) is 54.0 Å². The fourth-order valence-electron chi connectivity index (χ4n) is 8.45. The van der Waals surface area contributed by atoms with Crippen molar-refractivity contribution in [2.45, 2.75) is 49.3 Å². The predicted octanol–water partition coefficient (Wildman–Crippen LogP) is 4.27. The zero-order valence-corrected chi connectivity index (χ0v) is 24.5. The van der Waals surface area contributed by atoms with Crippen LogP contribution < -0.4 is 20.0 Å². The molecule has 0 spiro atoms. The molecular formula is C30H36F3N5O4S. The Morgan fingerprint density at radius 3 is 2.05 bits per heavy atom. The second-order valence-corrected chi connectivity index (χ2v) is 14.7. The lowest BCUT2D eigenvalue weighted by atomic mass is 9.52. The molecule has 2 heterocycles. The molecule has 3 unspecified atom stereocenters. The summed E-state index contributed by atoms with van der Waals surface area (Å²) in [6.45, 7) is 0.934. The number of fused-ring (bicyclic) bond motifs is 1. The summed E-state index contributed by atoms with van der Waals surface area (Å²) in [5.41, 5.74) is -2.39. The van der Waals surface area contributed by atoms with Gasteiger partial charge in [-0.2, -0.15) is 17.5 Å². The molecule has 2 N–H and O–H groups in total. The van der Waals surface area contributed by atoms with Crippen molar-refractivity contribution in [3.8, 4) is 0 Å². The molecule has 6 aliphatic rings. The van der Waals surface area contributed by atoms with E-state index in [1.165, 1.54) is 0 Å². The smallest absolute Gasteiger partial charge is 0.390 e. The van der Waals surface area contributed by atoms with Gasteiger partial charge >= 0.3 is 21.6 Å². The van der Waals surface area contributed by atoms with Crippen LogP contribution in [-0.2, 0) is 10.0 Å². The Hall–Kier alpha value is -3.03. The van der Waals surface area contributed by atoms with E-state index >= 15 is 0 Å². The van der Waals surface area contributed by atoms with E-state index in [-0.39, 0.29) is 38.3 Å². The quantitative estimate of drug-likeness (QED) is 0.531. The summed E-state index contributed by atoms with van der Waals surface area (Å²) in [5.74, 6) is 1.22. The molecule has 5 fully saturated rings. The second-order valence-electron chi connectivity index (χ2n) is 12.8. The Kier molecular flexibility index (Phi) is 6.86. The van der Waals surface area contributed by atoms with Crippen molar-refractivity contribution >= 4 is 38.8 Å². The minimum atomic E-state index is -5.32. The van der Waals surface area contributed by atoms with Crippen molar-refractivity contribution in [2.24, 2.45) is 17.8 Å². The maximum atomic E-state index is 13.7. The van der Waals surface area contributed by atoms with Crippen LogP contribution in [-0.4, -0.2) is 80.3 Å². The molecule has 13 heteroatoms.